The van der Waals surface area contributed by atoms with Crippen molar-refractivity contribution in [3.05, 3.63) is 29.6 Å². The van der Waals surface area contributed by atoms with E-state index in [9.17, 15) is 14.3 Å². The molecule has 14 heavy (non-hydrogen) atoms. The monoisotopic (exact) mass is 194 g/mol. The summed E-state index contributed by atoms with van der Waals surface area (Å²) in [7, 11) is 0. The SMILES string of the molecule is CC(=O)C1(c2cc(F)ccc2O)CC1. The first-order chi connectivity index (χ1) is 6.56. The quantitative estimate of drug-likeness (QED) is 0.783. The van der Waals surface area contributed by atoms with Gasteiger partial charge in [0.25, 0.3) is 0 Å². The van der Waals surface area contributed by atoms with Gasteiger partial charge in [-0.15, -0.1) is 0 Å². The van der Waals surface area contributed by atoms with Crippen molar-refractivity contribution in [2.45, 2.75) is 25.2 Å². The predicted octanol–water partition coefficient (Wildman–Crippen LogP) is 2.15. The zero-order valence-corrected chi connectivity index (χ0v) is 7.88. The van der Waals surface area contributed by atoms with Crippen LogP contribution in [0.3, 0.4) is 0 Å². The van der Waals surface area contributed by atoms with Gasteiger partial charge in [0.15, 0.2) is 0 Å². The van der Waals surface area contributed by atoms with Crippen LogP contribution in [0.25, 0.3) is 0 Å². The van der Waals surface area contributed by atoms with Gasteiger partial charge < -0.3 is 5.11 Å². The number of ketones is 1. The molecule has 0 radical (unpaired) electrons. The largest absolute Gasteiger partial charge is 0.508 e. The summed E-state index contributed by atoms with van der Waals surface area (Å²) in [5.74, 6) is -0.400. The number of halogens is 1. The summed E-state index contributed by atoms with van der Waals surface area (Å²) in [5.41, 5.74) is -0.170. The smallest absolute Gasteiger partial charge is 0.140 e. The molecule has 0 saturated heterocycles. The molecule has 1 aliphatic carbocycles. The van der Waals surface area contributed by atoms with Crippen LogP contribution in [0, 0.1) is 5.82 Å². The summed E-state index contributed by atoms with van der Waals surface area (Å²) in [6.45, 7) is 1.48. The lowest BCUT2D eigenvalue weighted by Gasteiger charge is -2.13. The van der Waals surface area contributed by atoms with E-state index in [-0.39, 0.29) is 11.5 Å². The molecule has 0 aliphatic heterocycles. The number of aromatic hydroxyl groups is 1. The van der Waals surface area contributed by atoms with E-state index in [0.29, 0.717) is 18.4 Å². The number of rotatable bonds is 2. The van der Waals surface area contributed by atoms with Gasteiger partial charge in [-0.3, -0.25) is 4.79 Å². The second-order valence-electron chi connectivity index (χ2n) is 3.80. The van der Waals surface area contributed by atoms with Crippen molar-refractivity contribution in [2.24, 2.45) is 0 Å². The molecule has 1 N–H and O–H groups in total. The average molecular weight is 194 g/mol. The molecular weight excluding hydrogens is 183 g/mol. The number of carbonyl (C=O) groups excluding carboxylic acids is 1. The third-order valence-corrected chi connectivity index (χ3v) is 2.90. The van der Waals surface area contributed by atoms with E-state index in [1.807, 2.05) is 0 Å². The van der Waals surface area contributed by atoms with Crippen LogP contribution in [0.1, 0.15) is 25.3 Å². The Kier molecular flexibility index (Phi) is 1.84. The lowest BCUT2D eigenvalue weighted by atomic mass is 9.91. The number of carbonyl (C=O) groups is 1. The second kappa shape index (κ2) is 2.80. The molecule has 1 saturated carbocycles. The highest BCUT2D eigenvalue weighted by Gasteiger charge is 2.50. The van der Waals surface area contributed by atoms with Gasteiger partial charge in [0, 0.05) is 5.56 Å². The molecule has 0 atom stereocenters. The van der Waals surface area contributed by atoms with Gasteiger partial charge in [-0.1, -0.05) is 0 Å². The first-order valence-corrected chi connectivity index (χ1v) is 4.56. The van der Waals surface area contributed by atoms with Gasteiger partial charge >= 0.3 is 0 Å². The van der Waals surface area contributed by atoms with Crippen molar-refractivity contribution in [1.29, 1.82) is 0 Å². The Labute approximate surface area is 81.4 Å². The zero-order chi connectivity index (χ0) is 10.3. The van der Waals surface area contributed by atoms with E-state index in [2.05, 4.69) is 0 Å². The fraction of sp³-hybridized carbons (Fsp3) is 0.364. The van der Waals surface area contributed by atoms with E-state index in [0.717, 1.165) is 0 Å². The lowest BCUT2D eigenvalue weighted by molar-refractivity contribution is -0.119. The lowest BCUT2D eigenvalue weighted by Crippen LogP contribution is -2.17. The molecule has 2 nitrogen and oxygen atoms in total. The van der Waals surface area contributed by atoms with Crippen LogP contribution in [0.15, 0.2) is 18.2 Å². The van der Waals surface area contributed by atoms with Crippen molar-refractivity contribution in [2.75, 3.05) is 0 Å². The zero-order valence-electron chi connectivity index (χ0n) is 7.88. The molecule has 3 heteroatoms. The summed E-state index contributed by atoms with van der Waals surface area (Å²) < 4.78 is 12.9. The van der Waals surface area contributed by atoms with Crippen LogP contribution in [-0.4, -0.2) is 10.9 Å². The van der Waals surface area contributed by atoms with E-state index >= 15 is 0 Å². The van der Waals surface area contributed by atoms with Crippen LogP contribution in [0.5, 0.6) is 5.75 Å². The normalized spacial score (nSPS) is 17.9. The highest BCUT2D eigenvalue weighted by molar-refractivity contribution is 5.91. The number of phenolic OH excluding ortho intramolecular Hbond substituents is 1. The molecule has 1 aliphatic rings. The summed E-state index contributed by atoms with van der Waals surface area (Å²) >= 11 is 0. The van der Waals surface area contributed by atoms with E-state index < -0.39 is 11.2 Å². The van der Waals surface area contributed by atoms with Crippen molar-refractivity contribution in [3.63, 3.8) is 0 Å². The maximum absolute atomic E-state index is 12.9. The van der Waals surface area contributed by atoms with Crippen molar-refractivity contribution in [1.82, 2.24) is 0 Å². The van der Waals surface area contributed by atoms with Crippen LogP contribution in [0.2, 0.25) is 0 Å². The van der Waals surface area contributed by atoms with Gasteiger partial charge in [-0.25, -0.2) is 4.39 Å². The fourth-order valence-electron chi connectivity index (χ4n) is 1.83. The molecule has 0 heterocycles. The summed E-state index contributed by atoms with van der Waals surface area (Å²) in [5, 5.41) is 9.54. The Morgan fingerprint density at radius 2 is 2.14 bits per heavy atom. The van der Waals surface area contributed by atoms with Crippen LogP contribution < -0.4 is 0 Å². The van der Waals surface area contributed by atoms with Gasteiger partial charge in [-0.2, -0.15) is 0 Å². The molecule has 0 spiro atoms. The van der Waals surface area contributed by atoms with E-state index in [1.165, 1.54) is 25.1 Å². The summed E-state index contributed by atoms with van der Waals surface area (Å²) in [4.78, 5) is 11.4. The highest BCUT2D eigenvalue weighted by Crippen LogP contribution is 2.51. The first kappa shape index (κ1) is 9.19. The number of phenols is 1. The minimum Gasteiger partial charge on any atom is -0.508 e. The standard InChI is InChI=1S/C11H11FO2/c1-7(13)11(4-5-11)9-6-8(12)2-3-10(9)14/h2-3,6,14H,4-5H2,1H3. The number of hydrogen-bond donors (Lipinski definition) is 1. The number of hydrogen-bond acceptors (Lipinski definition) is 2. The number of benzene rings is 1. The average Bonchev–Trinajstić information content (AvgIpc) is 2.90. The molecule has 1 fully saturated rings. The van der Waals surface area contributed by atoms with Crippen molar-refractivity contribution >= 4 is 5.78 Å². The molecule has 0 amide bonds. The number of Topliss-reactive ketones (excluding diaryl/α,β-unsaturated/α-hetero) is 1. The molecule has 74 valence electrons. The molecular formula is C11H11FO2. The molecule has 1 aromatic carbocycles. The Morgan fingerprint density at radius 3 is 2.64 bits per heavy atom. The van der Waals surface area contributed by atoms with Gasteiger partial charge in [0.1, 0.15) is 17.3 Å². The summed E-state index contributed by atoms with van der Waals surface area (Å²) in [6, 6.07) is 3.74. The molecule has 2 rings (SSSR count). The molecule has 0 bridgehead atoms. The van der Waals surface area contributed by atoms with Crippen molar-refractivity contribution < 1.29 is 14.3 Å². The Morgan fingerprint density at radius 1 is 1.50 bits per heavy atom. The van der Waals surface area contributed by atoms with Crippen LogP contribution >= 0.6 is 0 Å². The van der Waals surface area contributed by atoms with Crippen molar-refractivity contribution in [3.8, 4) is 5.75 Å². The minimum atomic E-state index is -0.605. The minimum absolute atomic E-state index is 0.00148. The second-order valence-corrected chi connectivity index (χ2v) is 3.80. The highest BCUT2D eigenvalue weighted by atomic mass is 19.1. The van der Waals surface area contributed by atoms with Crippen LogP contribution in [0.4, 0.5) is 4.39 Å². The topological polar surface area (TPSA) is 37.3 Å². The van der Waals surface area contributed by atoms with Gasteiger partial charge in [0.05, 0.1) is 5.41 Å². The predicted molar refractivity (Wildman–Crippen MR) is 49.7 cm³/mol. The van der Waals surface area contributed by atoms with E-state index in [4.69, 9.17) is 0 Å². The maximum atomic E-state index is 12.9. The molecule has 1 aromatic rings. The summed E-state index contributed by atoms with van der Waals surface area (Å²) in [6.07, 6.45) is 1.42. The van der Waals surface area contributed by atoms with Gasteiger partial charge in [0.2, 0.25) is 0 Å². The molecule has 0 aromatic heterocycles. The van der Waals surface area contributed by atoms with E-state index in [1.54, 1.807) is 0 Å². The van der Waals surface area contributed by atoms with Gasteiger partial charge in [-0.05, 0) is 38.0 Å². The Balaban J connectivity index is 2.51. The third-order valence-electron chi connectivity index (χ3n) is 2.90. The Bertz CT molecular complexity index is 394. The Hall–Kier alpha value is -1.38. The molecule has 0 unspecified atom stereocenters. The third kappa shape index (κ3) is 1.20. The maximum Gasteiger partial charge on any atom is 0.140 e. The fourth-order valence-corrected chi connectivity index (χ4v) is 1.83. The first-order valence-electron chi connectivity index (χ1n) is 4.56. The van der Waals surface area contributed by atoms with Crippen LogP contribution in [-0.2, 0) is 10.2 Å².